The first kappa shape index (κ1) is 14.1. The molecule has 0 atom stereocenters. The van der Waals surface area contributed by atoms with Gasteiger partial charge in [0.1, 0.15) is 12.4 Å². The van der Waals surface area contributed by atoms with Gasteiger partial charge in [0, 0.05) is 0 Å². The predicted octanol–water partition coefficient (Wildman–Crippen LogP) is 2.39. The van der Waals surface area contributed by atoms with Crippen LogP contribution in [-0.4, -0.2) is 24.9 Å². The fourth-order valence-electron chi connectivity index (χ4n) is 1.07. The average molecular weight is 269 g/mol. The molecule has 0 aliphatic heterocycles. The van der Waals surface area contributed by atoms with Gasteiger partial charge in [0.2, 0.25) is 5.17 Å². The summed E-state index contributed by atoms with van der Waals surface area (Å²) in [6.45, 7) is 3.93. The fraction of sp³-hybridized carbons (Fsp3) is 0.167. The van der Waals surface area contributed by atoms with Gasteiger partial charge in [0.25, 0.3) is 0 Å². The number of methoxy groups -OCH3 is 1. The van der Waals surface area contributed by atoms with Gasteiger partial charge in [-0.3, -0.25) is 5.43 Å². The van der Waals surface area contributed by atoms with E-state index in [0.717, 1.165) is 0 Å². The number of benzene rings is 1. The molecule has 0 heterocycles. The van der Waals surface area contributed by atoms with E-state index in [2.05, 4.69) is 21.8 Å². The Morgan fingerprint density at radius 2 is 2.28 bits per heavy atom. The molecule has 0 radical (unpaired) electrons. The molecule has 0 unspecified atom stereocenters. The van der Waals surface area contributed by atoms with Crippen LogP contribution in [0.1, 0.15) is 0 Å². The SMILES string of the molecule is C=CCOc1ccccc1N/N=C(/Cl)C(=O)OC. The van der Waals surface area contributed by atoms with Crippen molar-refractivity contribution in [3.05, 3.63) is 36.9 Å². The number of hydrogen-bond acceptors (Lipinski definition) is 5. The molecule has 5 nitrogen and oxygen atoms in total. The lowest BCUT2D eigenvalue weighted by Crippen LogP contribution is -2.11. The highest BCUT2D eigenvalue weighted by atomic mass is 35.5. The molecule has 0 aliphatic rings. The first-order valence-corrected chi connectivity index (χ1v) is 5.47. The lowest BCUT2D eigenvalue weighted by molar-refractivity contribution is -0.132. The molecule has 18 heavy (non-hydrogen) atoms. The Kier molecular flexibility index (Phi) is 5.73. The highest BCUT2D eigenvalue weighted by Gasteiger charge is 2.08. The number of hydrazone groups is 1. The molecule has 1 aromatic rings. The average Bonchev–Trinajstić information content (AvgIpc) is 2.42. The Bertz CT molecular complexity index is 460. The van der Waals surface area contributed by atoms with Crippen LogP contribution < -0.4 is 10.2 Å². The van der Waals surface area contributed by atoms with Gasteiger partial charge in [-0.05, 0) is 12.1 Å². The Labute approximate surface area is 110 Å². The smallest absolute Gasteiger partial charge is 0.370 e. The normalized spacial score (nSPS) is 10.7. The topological polar surface area (TPSA) is 59.9 Å². The Morgan fingerprint density at radius 3 is 2.94 bits per heavy atom. The van der Waals surface area contributed by atoms with Crippen LogP contribution in [0.3, 0.4) is 0 Å². The summed E-state index contributed by atoms with van der Waals surface area (Å²) in [7, 11) is 1.22. The number of hydrogen-bond donors (Lipinski definition) is 1. The number of halogens is 1. The lowest BCUT2D eigenvalue weighted by atomic mass is 10.3. The van der Waals surface area contributed by atoms with E-state index in [1.807, 2.05) is 6.07 Å². The Balaban J connectivity index is 2.77. The van der Waals surface area contributed by atoms with Gasteiger partial charge in [-0.2, -0.15) is 5.10 Å². The number of para-hydroxylation sites is 2. The van der Waals surface area contributed by atoms with Crippen molar-refractivity contribution in [2.45, 2.75) is 0 Å². The minimum Gasteiger partial charge on any atom is -0.487 e. The summed E-state index contributed by atoms with van der Waals surface area (Å²) >= 11 is 5.59. The quantitative estimate of drug-likeness (QED) is 0.372. The van der Waals surface area contributed by atoms with E-state index in [4.69, 9.17) is 16.3 Å². The molecule has 0 aromatic heterocycles. The van der Waals surface area contributed by atoms with Gasteiger partial charge in [-0.25, -0.2) is 4.79 Å². The number of esters is 1. The lowest BCUT2D eigenvalue weighted by Gasteiger charge is -2.09. The second kappa shape index (κ2) is 7.34. The molecule has 1 aromatic carbocycles. The second-order valence-corrected chi connectivity index (χ2v) is 3.46. The molecular weight excluding hydrogens is 256 g/mol. The first-order chi connectivity index (χ1) is 8.69. The van der Waals surface area contributed by atoms with Gasteiger partial charge in [0.05, 0.1) is 12.8 Å². The van der Waals surface area contributed by atoms with Crippen molar-refractivity contribution < 1.29 is 14.3 Å². The maximum atomic E-state index is 11.0. The zero-order valence-corrected chi connectivity index (χ0v) is 10.6. The fourth-order valence-corrected chi connectivity index (χ4v) is 1.19. The van der Waals surface area contributed by atoms with E-state index in [-0.39, 0.29) is 5.17 Å². The number of nitrogens with zero attached hydrogens (tertiary/aromatic N) is 1. The van der Waals surface area contributed by atoms with Crippen molar-refractivity contribution in [3.8, 4) is 5.75 Å². The van der Waals surface area contributed by atoms with E-state index < -0.39 is 5.97 Å². The van der Waals surface area contributed by atoms with E-state index >= 15 is 0 Å². The highest BCUT2D eigenvalue weighted by molar-refractivity contribution is 6.82. The molecular formula is C12H13ClN2O3. The minimum atomic E-state index is -0.714. The van der Waals surface area contributed by atoms with Crippen LogP contribution in [0.4, 0.5) is 5.69 Å². The summed E-state index contributed by atoms with van der Waals surface area (Å²) in [4.78, 5) is 11.0. The summed E-state index contributed by atoms with van der Waals surface area (Å²) < 4.78 is 9.81. The summed E-state index contributed by atoms with van der Waals surface area (Å²) in [5.41, 5.74) is 3.22. The van der Waals surface area contributed by atoms with Crippen molar-refractivity contribution in [1.82, 2.24) is 0 Å². The standard InChI is InChI=1S/C12H13ClN2O3/c1-3-8-18-10-7-5-4-6-9(10)14-15-11(13)12(16)17-2/h3-7,14H,1,8H2,2H3/b15-11+. The molecule has 0 amide bonds. The van der Waals surface area contributed by atoms with Gasteiger partial charge < -0.3 is 9.47 Å². The molecule has 1 N–H and O–H groups in total. The largest absolute Gasteiger partial charge is 0.487 e. The second-order valence-electron chi connectivity index (χ2n) is 3.10. The molecule has 0 bridgehead atoms. The van der Waals surface area contributed by atoms with Crippen LogP contribution in [0, 0.1) is 0 Å². The van der Waals surface area contributed by atoms with Crippen LogP contribution in [0.25, 0.3) is 0 Å². The zero-order valence-electron chi connectivity index (χ0n) is 9.85. The molecule has 6 heteroatoms. The number of carbonyl (C=O) groups is 1. The van der Waals surface area contributed by atoms with E-state index in [9.17, 15) is 4.79 Å². The van der Waals surface area contributed by atoms with E-state index in [1.54, 1.807) is 24.3 Å². The van der Waals surface area contributed by atoms with Crippen molar-refractivity contribution >= 4 is 28.4 Å². The summed E-state index contributed by atoms with van der Waals surface area (Å²) in [6, 6.07) is 7.11. The molecule has 0 aliphatic carbocycles. The summed E-state index contributed by atoms with van der Waals surface area (Å²) in [5, 5.41) is 3.39. The maximum Gasteiger partial charge on any atom is 0.370 e. The summed E-state index contributed by atoms with van der Waals surface area (Å²) in [6.07, 6.45) is 1.63. The molecule has 96 valence electrons. The highest BCUT2D eigenvalue weighted by Crippen LogP contribution is 2.23. The van der Waals surface area contributed by atoms with Crippen LogP contribution in [-0.2, 0) is 9.53 Å². The third-order valence-corrected chi connectivity index (χ3v) is 2.11. The molecule has 0 saturated heterocycles. The zero-order chi connectivity index (χ0) is 13.4. The van der Waals surface area contributed by atoms with Gasteiger partial charge in [-0.15, -0.1) is 0 Å². The number of carbonyl (C=O) groups excluding carboxylic acids is 1. The number of rotatable bonds is 6. The third-order valence-electron chi connectivity index (χ3n) is 1.87. The minimum absolute atomic E-state index is 0.295. The van der Waals surface area contributed by atoms with Crippen LogP contribution in [0.15, 0.2) is 42.0 Å². The third kappa shape index (κ3) is 4.10. The van der Waals surface area contributed by atoms with Gasteiger partial charge in [0.15, 0.2) is 0 Å². The number of anilines is 1. The molecule has 0 spiro atoms. The van der Waals surface area contributed by atoms with Crippen molar-refractivity contribution in [1.29, 1.82) is 0 Å². The van der Waals surface area contributed by atoms with Crippen molar-refractivity contribution in [2.24, 2.45) is 5.10 Å². The van der Waals surface area contributed by atoms with Crippen LogP contribution >= 0.6 is 11.6 Å². The predicted molar refractivity (Wildman–Crippen MR) is 71.1 cm³/mol. The molecule has 0 saturated carbocycles. The van der Waals surface area contributed by atoms with Gasteiger partial charge >= 0.3 is 5.97 Å². The molecule has 0 fully saturated rings. The maximum absolute atomic E-state index is 11.0. The van der Waals surface area contributed by atoms with E-state index in [1.165, 1.54) is 7.11 Å². The number of nitrogens with one attached hydrogen (secondary N) is 1. The Hall–Kier alpha value is -2.01. The molecule has 1 rings (SSSR count). The van der Waals surface area contributed by atoms with Crippen LogP contribution in [0.5, 0.6) is 5.75 Å². The van der Waals surface area contributed by atoms with E-state index in [0.29, 0.717) is 18.0 Å². The van der Waals surface area contributed by atoms with Crippen LogP contribution in [0.2, 0.25) is 0 Å². The summed E-state index contributed by atoms with van der Waals surface area (Å²) in [5.74, 6) is -0.135. The van der Waals surface area contributed by atoms with Crippen molar-refractivity contribution in [3.63, 3.8) is 0 Å². The van der Waals surface area contributed by atoms with Gasteiger partial charge in [-0.1, -0.05) is 36.4 Å². The number of ether oxygens (including phenoxy) is 2. The Morgan fingerprint density at radius 1 is 1.56 bits per heavy atom. The van der Waals surface area contributed by atoms with Crippen molar-refractivity contribution in [2.75, 3.05) is 19.1 Å². The first-order valence-electron chi connectivity index (χ1n) is 5.09. The monoisotopic (exact) mass is 268 g/mol.